The Balaban J connectivity index is 2.94. The molecule has 25 heavy (non-hydrogen) atoms. The van der Waals surface area contributed by atoms with Crippen molar-refractivity contribution in [2.45, 2.75) is 51.4 Å². The van der Waals surface area contributed by atoms with Crippen LogP contribution in [0.1, 0.15) is 51.4 Å². The summed E-state index contributed by atoms with van der Waals surface area (Å²) in [7, 11) is 3.02. The number of esters is 1. The molecule has 0 aromatic carbocycles. The smallest absolute Gasteiger partial charge is 0.306 e. The highest BCUT2D eigenvalue weighted by Crippen LogP contribution is 2.30. The molecule has 142 valence electrons. The second kappa shape index (κ2) is 12.7. The van der Waals surface area contributed by atoms with Gasteiger partial charge in [-0.05, 0) is 56.8 Å². The minimum atomic E-state index is -0.765. The summed E-state index contributed by atoms with van der Waals surface area (Å²) in [6, 6.07) is 0. The summed E-state index contributed by atoms with van der Waals surface area (Å²) < 4.78 is 10.2. The van der Waals surface area contributed by atoms with Crippen LogP contribution in [0.25, 0.3) is 0 Å². The van der Waals surface area contributed by atoms with Gasteiger partial charge in [0.05, 0.1) is 13.0 Å². The zero-order valence-corrected chi connectivity index (χ0v) is 15.5. The van der Waals surface area contributed by atoms with Crippen LogP contribution in [0, 0.1) is 17.8 Å². The van der Waals surface area contributed by atoms with E-state index in [2.05, 4.69) is 24.3 Å². The summed E-state index contributed by atoms with van der Waals surface area (Å²) >= 11 is 0. The van der Waals surface area contributed by atoms with Gasteiger partial charge in [0.2, 0.25) is 0 Å². The summed E-state index contributed by atoms with van der Waals surface area (Å²) in [4.78, 5) is 23.5. The summed E-state index contributed by atoms with van der Waals surface area (Å²) in [5.41, 5.74) is 0. The first-order chi connectivity index (χ1) is 12.1. The van der Waals surface area contributed by atoms with Gasteiger partial charge in [0.1, 0.15) is 0 Å². The molecule has 1 aliphatic rings. The van der Waals surface area contributed by atoms with Gasteiger partial charge in [-0.2, -0.15) is 0 Å². The van der Waals surface area contributed by atoms with E-state index < -0.39 is 11.9 Å². The molecule has 0 radical (unpaired) electrons. The van der Waals surface area contributed by atoms with Gasteiger partial charge in [0, 0.05) is 20.1 Å². The minimum absolute atomic E-state index is 0.0329. The normalized spacial score (nSPS) is 28.5. The maximum atomic E-state index is 11.8. The standard InChI is InChI=1S/C20H32O5/c1-24-15-18-13-17(20(22)23)12-10-8-6-4-3-5-7-9-11-16(18)14-19(21)25-2/h5-8,16-18H,3-4,9-15H2,1-2H3,(H,22,23)/b7-5+,8-6+/t16?,17?,18-/m0/s1. The van der Waals surface area contributed by atoms with Crippen molar-refractivity contribution in [2.75, 3.05) is 20.8 Å². The summed E-state index contributed by atoms with van der Waals surface area (Å²) in [5.74, 6) is -1.32. The Bertz CT molecular complexity index is 455. The van der Waals surface area contributed by atoms with E-state index in [1.807, 2.05) is 0 Å². The number of carbonyl (C=O) groups excluding carboxylic acids is 1. The van der Waals surface area contributed by atoms with Gasteiger partial charge in [-0.1, -0.05) is 24.3 Å². The Hall–Kier alpha value is -1.62. The van der Waals surface area contributed by atoms with Gasteiger partial charge in [0.15, 0.2) is 0 Å². The van der Waals surface area contributed by atoms with Crippen LogP contribution in [0.3, 0.4) is 0 Å². The van der Waals surface area contributed by atoms with Gasteiger partial charge >= 0.3 is 11.9 Å². The first kappa shape index (κ1) is 21.4. The van der Waals surface area contributed by atoms with Gasteiger partial charge < -0.3 is 14.6 Å². The van der Waals surface area contributed by atoms with E-state index in [9.17, 15) is 14.7 Å². The van der Waals surface area contributed by atoms with Crippen LogP contribution in [0.2, 0.25) is 0 Å². The molecule has 0 heterocycles. The SMILES string of the molecule is COC[C@@H]1CC(C(=O)O)CC/C=C/CC/C=C/CCC1CC(=O)OC. The van der Waals surface area contributed by atoms with E-state index in [1.165, 1.54) is 7.11 Å². The zero-order valence-electron chi connectivity index (χ0n) is 15.5. The number of carboxylic acids is 1. The molecule has 1 aliphatic carbocycles. The summed E-state index contributed by atoms with van der Waals surface area (Å²) in [5, 5.41) is 9.58. The molecule has 0 fully saturated rings. The van der Waals surface area contributed by atoms with Crippen molar-refractivity contribution in [3.63, 3.8) is 0 Å². The molecule has 0 aromatic rings. The number of methoxy groups -OCH3 is 2. The average Bonchev–Trinajstić information content (AvgIpc) is 2.59. The summed E-state index contributed by atoms with van der Waals surface area (Å²) in [6.45, 7) is 0.463. The number of hydrogen-bond donors (Lipinski definition) is 1. The Morgan fingerprint density at radius 1 is 0.960 bits per heavy atom. The zero-order chi connectivity index (χ0) is 18.5. The largest absolute Gasteiger partial charge is 0.481 e. The third kappa shape index (κ3) is 8.87. The van der Waals surface area contributed by atoms with E-state index in [1.54, 1.807) is 7.11 Å². The van der Waals surface area contributed by atoms with E-state index >= 15 is 0 Å². The van der Waals surface area contributed by atoms with E-state index in [-0.39, 0.29) is 17.8 Å². The van der Waals surface area contributed by atoms with Crippen LogP contribution in [-0.2, 0) is 19.1 Å². The number of aliphatic carboxylic acids is 1. The number of hydrogen-bond acceptors (Lipinski definition) is 4. The van der Waals surface area contributed by atoms with Crippen molar-refractivity contribution >= 4 is 11.9 Å². The van der Waals surface area contributed by atoms with Crippen molar-refractivity contribution in [3.05, 3.63) is 24.3 Å². The van der Waals surface area contributed by atoms with Crippen molar-refractivity contribution in [1.82, 2.24) is 0 Å². The monoisotopic (exact) mass is 352 g/mol. The number of carboxylic acid groups (broad SMARTS) is 1. The molecule has 0 aromatic heterocycles. The van der Waals surface area contributed by atoms with Crippen LogP contribution in [-0.4, -0.2) is 37.9 Å². The van der Waals surface area contributed by atoms with Crippen molar-refractivity contribution in [3.8, 4) is 0 Å². The molecule has 0 amide bonds. The lowest BCUT2D eigenvalue weighted by molar-refractivity contribution is -0.143. The Kier molecular flexibility index (Phi) is 10.9. The highest BCUT2D eigenvalue weighted by Gasteiger charge is 2.29. The Morgan fingerprint density at radius 3 is 2.12 bits per heavy atom. The highest BCUT2D eigenvalue weighted by atomic mass is 16.5. The molecule has 1 rings (SSSR count). The molecular weight excluding hydrogens is 320 g/mol. The lowest BCUT2D eigenvalue weighted by atomic mass is 9.79. The van der Waals surface area contributed by atoms with Crippen molar-refractivity contribution in [2.24, 2.45) is 17.8 Å². The molecule has 0 bridgehead atoms. The molecule has 0 spiro atoms. The van der Waals surface area contributed by atoms with Crippen molar-refractivity contribution in [1.29, 1.82) is 0 Å². The molecule has 0 aliphatic heterocycles. The predicted molar refractivity (Wildman–Crippen MR) is 97.2 cm³/mol. The Labute approximate surface area is 151 Å². The van der Waals surface area contributed by atoms with E-state index in [4.69, 9.17) is 9.47 Å². The molecule has 5 heteroatoms. The van der Waals surface area contributed by atoms with Gasteiger partial charge in [-0.25, -0.2) is 0 Å². The first-order valence-electron chi connectivity index (χ1n) is 9.17. The summed E-state index contributed by atoms with van der Waals surface area (Å²) in [6.07, 6.45) is 14.4. The second-order valence-electron chi connectivity index (χ2n) is 6.70. The molecule has 0 saturated carbocycles. The lowest BCUT2D eigenvalue weighted by Crippen LogP contribution is -2.28. The van der Waals surface area contributed by atoms with Gasteiger partial charge in [0.25, 0.3) is 0 Å². The van der Waals surface area contributed by atoms with Gasteiger partial charge in [-0.3, -0.25) is 9.59 Å². The number of carbonyl (C=O) groups is 2. The number of allylic oxidation sites excluding steroid dienone is 4. The van der Waals surface area contributed by atoms with Crippen LogP contribution < -0.4 is 0 Å². The molecule has 3 atom stereocenters. The van der Waals surface area contributed by atoms with E-state index in [0.717, 1.165) is 32.1 Å². The quantitative estimate of drug-likeness (QED) is 0.598. The lowest BCUT2D eigenvalue weighted by Gasteiger charge is -2.28. The molecular formula is C20H32O5. The predicted octanol–water partition coefficient (Wildman–Crippen LogP) is 3.99. The second-order valence-corrected chi connectivity index (χ2v) is 6.70. The van der Waals surface area contributed by atoms with Crippen LogP contribution >= 0.6 is 0 Å². The first-order valence-corrected chi connectivity index (χ1v) is 9.17. The van der Waals surface area contributed by atoms with Crippen LogP contribution in [0.4, 0.5) is 0 Å². The van der Waals surface area contributed by atoms with E-state index in [0.29, 0.717) is 25.9 Å². The fourth-order valence-electron chi connectivity index (χ4n) is 3.39. The van der Waals surface area contributed by atoms with Gasteiger partial charge in [-0.15, -0.1) is 0 Å². The van der Waals surface area contributed by atoms with Crippen molar-refractivity contribution < 1.29 is 24.2 Å². The molecule has 5 nitrogen and oxygen atoms in total. The number of ether oxygens (including phenoxy) is 2. The average molecular weight is 352 g/mol. The fourth-order valence-corrected chi connectivity index (χ4v) is 3.39. The molecule has 0 saturated heterocycles. The molecule has 2 unspecified atom stereocenters. The Morgan fingerprint density at radius 2 is 1.56 bits per heavy atom. The maximum absolute atomic E-state index is 11.8. The fraction of sp³-hybridized carbons (Fsp3) is 0.700. The number of rotatable bonds is 5. The maximum Gasteiger partial charge on any atom is 0.306 e. The third-order valence-corrected chi connectivity index (χ3v) is 4.86. The topological polar surface area (TPSA) is 72.8 Å². The highest BCUT2D eigenvalue weighted by molar-refractivity contribution is 5.70. The van der Waals surface area contributed by atoms with Crippen LogP contribution in [0.15, 0.2) is 24.3 Å². The third-order valence-electron chi connectivity index (χ3n) is 4.86. The molecule has 1 N–H and O–H groups in total. The van der Waals surface area contributed by atoms with Crippen LogP contribution in [0.5, 0.6) is 0 Å². The minimum Gasteiger partial charge on any atom is -0.481 e.